The monoisotopic (exact) mass is 1070 g/mol. The average molecular weight is 1070 g/mol. The summed E-state index contributed by atoms with van der Waals surface area (Å²) in [5.41, 5.74) is 21.1. The predicted octanol–water partition coefficient (Wildman–Crippen LogP) is 21.4. The molecule has 4 nitrogen and oxygen atoms in total. The molecule has 0 N–H and O–H groups in total. The Morgan fingerprint density at radius 2 is 0.607 bits per heavy atom. The fourth-order valence-electron chi connectivity index (χ4n) is 14.4. The van der Waals surface area contributed by atoms with Gasteiger partial charge in [0.1, 0.15) is 0 Å². The van der Waals surface area contributed by atoms with E-state index in [4.69, 9.17) is 0 Å². The van der Waals surface area contributed by atoms with Crippen LogP contribution in [0.4, 0.5) is 0 Å². The summed E-state index contributed by atoms with van der Waals surface area (Å²) in [5.74, 6) is 0. The number of benzene rings is 14. The molecule has 0 aliphatic rings. The molecule has 0 saturated heterocycles. The Bertz CT molecular complexity index is 5720. The summed E-state index contributed by atoms with van der Waals surface area (Å²) in [5, 5.41) is 14.7. The maximum atomic E-state index is 2.55. The van der Waals surface area contributed by atoms with Gasteiger partial charge in [-0.15, -0.1) is 0 Å². The Morgan fingerprint density at radius 1 is 0.190 bits per heavy atom. The highest BCUT2D eigenvalue weighted by atomic mass is 15.0. The molecule has 18 aromatic rings. The molecule has 0 atom stereocenters. The first-order valence-corrected chi connectivity index (χ1v) is 29.0. The van der Waals surface area contributed by atoms with Crippen LogP contribution >= 0.6 is 0 Å². The summed E-state index contributed by atoms with van der Waals surface area (Å²) < 4.78 is 9.95. The molecule has 0 fully saturated rings. The number of nitrogens with zero attached hydrogens (tertiary/aromatic N) is 4. The number of fused-ring (bicyclic) bond motifs is 14. The number of para-hydroxylation sites is 4. The minimum Gasteiger partial charge on any atom is -0.309 e. The molecule has 0 unspecified atom stereocenters. The van der Waals surface area contributed by atoms with Crippen molar-refractivity contribution in [2.75, 3.05) is 0 Å². The highest BCUT2D eigenvalue weighted by molar-refractivity contribution is 6.25. The molecule has 14 aromatic carbocycles. The maximum absolute atomic E-state index is 2.55. The molecule has 4 heterocycles. The van der Waals surface area contributed by atoms with Gasteiger partial charge in [0.25, 0.3) is 0 Å². The SMILES string of the molecule is c1ccc(-c2c3ccccc3cc3c4ccccc4n(-c4ccc5c(c4)c4ccccc4n5-c4cccc(-c5cccc6c5c5cc7ccccc7c(-c7ccccc7)c5n6-c5ccc6c7ccccc7n(-c7ccccc7)c6c5)c4)c23)cc1. The van der Waals surface area contributed by atoms with E-state index in [1.165, 1.54) is 120 Å². The van der Waals surface area contributed by atoms with E-state index >= 15 is 0 Å². The minimum atomic E-state index is 1.11. The Morgan fingerprint density at radius 3 is 1.27 bits per heavy atom. The van der Waals surface area contributed by atoms with Crippen LogP contribution in [-0.2, 0) is 0 Å². The van der Waals surface area contributed by atoms with Crippen LogP contribution in [0.5, 0.6) is 0 Å². The van der Waals surface area contributed by atoms with Crippen LogP contribution in [0.2, 0.25) is 0 Å². The van der Waals surface area contributed by atoms with Gasteiger partial charge in [-0.3, -0.25) is 0 Å². The minimum absolute atomic E-state index is 1.11. The summed E-state index contributed by atoms with van der Waals surface area (Å²) >= 11 is 0. The summed E-state index contributed by atoms with van der Waals surface area (Å²) in [6, 6.07) is 112. The zero-order chi connectivity index (χ0) is 55.0. The first kappa shape index (κ1) is 46.5. The predicted molar refractivity (Wildman–Crippen MR) is 355 cm³/mol. The zero-order valence-corrected chi connectivity index (χ0v) is 45.7. The van der Waals surface area contributed by atoms with E-state index in [0.29, 0.717) is 0 Å². The smallest absolute Gasteiger partial charge is 0.0626 e. The van der Waals surface area contributed by atoms with Crippen molar-refractivity contribution >= 4 is 109 Å². The second-order valence-corrected chi connectivity index (χ2v) is 22.4. The molecular formula is C80H50N4. The summed E-state index contributed by atoms with van der Waals surface area (Å²) in [4.78, 5) is 0. The molecular weight excluding hydrogens is 1020 g/mol. The van der Waals surface area contributed by atoms with E-state index in [1.54, 1.807) is 0 Å². The van der Waals surface area contributed by atoms with Crippen molar-refractivity contribution in [1.29, 1.82) is 0 Å². The van der Waals surface area contributed by atoms with Crippen LogP contribution in [0.25, 0.3) is 165 Å². The molecule has 0 radical (unpaired) electrons. The van der Waals surface area contributed by atoms with Gasteiger partial charge in [0.2, 0.25) is 0 Å². The standard InChI is InChI=1S/C80H50N4/c1-4-22-51(23-5-1)76-60-32-12-10-26-54(60)47-68-65-36-16-19-40-72(65)83(79(68)76)58-43-45-73-67(49-58)64-35-15-18-39-71(64)82(73)57-31-20-28-53(46-57)62-37-21-41-74-78(62)69-48-55-27-11-13-33-61(55)77(52-24-6-2-7-25-52)80(69)84(74)59-42-44-66-63-34-14-17-38-70(63)81(75(66)50-59)56-29-8-3-9-30-56/h1-50H. The fourth-order valence-corrected chi connectivity index (χ4v) is 14.4. The van der Waals surface area contributed by atoms with Crippen molar-refractivity contribution in [3.63, 3.8) is 0 Å². The highest BCUT2D eigenvalue weighted by Gasteiger charge is 2.25. The number of rotatable bonds is 7. The van der Waals surface area contributed by atoms with E-state index in [0.717, 1.165) is 44.9 Å². The molecule has 0 aliphatic heterocycles. The maximum Gasteiger partial charge on any atom is 0.0626 e. The van der Waals surface area contributed by atoms with Gasteiger partial charge >= 0.3 is 0 Å². The Balaban J connectivity index is 0.871. The summed E-state index contributed by atoms with van der Waals surface area (Å²) in [7, 11) is 0. The van der Waals surface area contributed by atoms with Crippen molar-refractivity contribution in [3.8, 4) is 56.1 Å². The van der Waals surface area contributed by atoms with Gasteiger partial charge < -0.3 is 18.3 Å². The van der Waals surface area contributed by atoms with Crippen LogP contribution in [0.3, 0.4) is 0 Å². The topological polar surface area (TPSA) is 19.7 Å². The Labute approximate surface area is 483 Å². The number of hydrogen-bond acceptors (Lipinski definition) is 0. The summed E-state index contributed by atoms with van der Waals surface area (Å²) in [6.45, 7) is 0. The molecule has 0 bridgehead atoms. The molecule has 4 heteroatoms. The lowest BCUT2D eigenvalue weighted by atomic mass is 9.93. The quantitative estimate of drug-likeness (QED) is 0.152. The van der Waals surface area contributed by atoms with Gasteiger partial charge in [0, 0.05) is 77.0 Å². The van der Waals surface area contributed by atoms with Gasteiger partial charge in [-0.05, 0) is 135 Å². The largest absolute Gasteiger partial charge is 0.309 e. The normalized spacial score (nSPS) is 12.0. The third-order valence-electron chi connectivity index (χ3n) is 17.9. The number of hydrogen-bond donors (Lipinski definition) is 0. The molecule has 18 rings (SSSR count). The lowest BCUT2D eigenvalue weighted by Crippen LogP contribution is -1.98. The van der Waals surface area contributed by atoms with E-state index in [1.807, 2.05) is 0 Å². The molecule has 0 amide bonds. The molecule has 0 aliphatic carbocycles. The van der Waals surface area contributed by atoms with Crippen molar-refractivity contribution in [1.82, 2.24) is 18.3 Å². The van der Waals surface area contributed by atoms with Crippen LogP contribution in [-0.4, -0.2) is 18.3 Å². The fraction of sp³-hybridized carbons (Fsp3) is 0. The van der Waals surface area contributed by atoms with Gasteiger partial charge in [0.05, 0.1) is 44.1 Å². The third kappa shape index (κ3) is 6.77. The lowest BCUT2D eigenvalue weighted by molar-refractivity contribution is 1.16. The Hall–Kier alpha value is -11.2. The second-order valence-electron chi connectivity index (χ2n) is 22.4. The second kappa shape index (κ2) is 18.2. The Kier molecular flexibility index (Phi) is 10.1. The van der Waals surface area contributed by atoms with Gasteiger partial charge in [-0.25, -0.2) is 0 Å². The van der Waals surface area contributed by atoms with Crippen LogP contribution in [0, 0.1) is 0 Å². The third-order valence-corrected chi connectivity index (χ3v) is 17.9. The molecule has 0 saturated carbocycles. The first-order chi connectivity index (χ1) is 41.7. The summed E-state index contributed by atoms with van der Waals surface area (Å²) in [6.07, 6.45) is 0. The average Bonchev–Trinajstić information content (AvgIpc) is 2.09. The van der Waals surface area contributed by atoms with Crippen molar-refractivity contribution in [2.24, 2.45) is 0 Å². The molecule has 0 spiro atoms. The van der Waals surface area contributed by atoms with Gasteiger partial charge in [0.15, 0.2) is 0 Å². The van der Waals surface area contributed by atoms with E-state index < -0.39 is 0 Å². The highest BCUT2D eigenvalue weighted by Crippen LogP contribution is 2.48. The first-order valence-electron chi connectivity index (χ1n) is 29.0. The van der Waals surface area contributed by atoms with E-state index in [9.17, 15) is 0 Å². The zero-order valence-electron chi connectivity index (χ0n) is 45.7. The number of aromatic nitrogens is 4. The van der Waals surface area contributed by atoms with Crippen LogP contribution < -0.4 is 0 Å². The van der Waals surface area contributed by atoms with Crippen molar-refractivity contribution < 1.29 is 0 Å². The van der Waals surface area contributed by atoms with Crippen molar-refractivity contribution in [3.05, 3.63) is 303 Å². The van der Waals surface area contributed by atoms with Gasteiger partial charge in [-0.1, -0.05) is 212 Å². The lowest BCUT2D eigenvalue weighted by Gasteiger charge is -2.15. The van der Waals surface area contributed by atoms with Crippen molar-refractivity contribution in [2.45, 2.75) is 0 Å². The van der Waals surface area contributed by atoms with Crippen LogP contribution in [0.1, 0.15) is 0 Å². The van der Waals surface area contributed by atoms with E-state index in [2.05, 4.69) is 322 Å². The molecule has 390 valence electrons. The molecule has 84 heavy (non-hydrogen) atoms. The van der Waals surface area contributed by atoms with Crippen LogP contribution in [0.15, 0.2) is 303 Å². The van der Waals surface area contributed by atoms with Gasteiger partial charge in [-0.2, -0.15) is 0 Å². The molecule has 4 aromatic heterocycles. The van der Waals surface area contributed by atoms with E-state index in [-0.39, 0.29) is 0 Å².